The molecule has 0 spiro atoms. The zero-order chi connectivity index (χ0) is 38.5. The van der Waals surface area contributed by atoms with Gasteiger partial charge in [0.2, 0.25) is 35.4 Å². The van der Waals surface area contributed by atoms with Crippen LogP contribution < -0.4 is 32.3 Å². The van der Waals surface area contributed by atoms with Crippen molar-refractivity contribution in [1.29, 1.82) is 0 Å². The van der Waals surface area contributed by atoms with Crippen molar-refractivity contribution in [2.24, 2.45) is 17.6 Å². The van der Waals surface area contributed by atoms with Crippen molar-refractivity contribution in [2.75, 3.05) is 6.54 Å². The first-order valence-corrected chi connectivity index (χ1v) is 19.2. The highest BCUT2D eigenvalue weighted by molar-refractivity contribution is 6.09. The Balaban J connectivity index is 1.39. The van der Waals surface area contributed by atoms with Gasteiger partial charge in [0, 0.05) is 36.2 Å². The lowest BCUT2D eigenvalue weighted by atomic mass is 9.84. The lowest BCUT2D eigenvalue weighted by Gasteiger charge is -2.29. The van der Waals surface area contributed by atoms with Gasteiger partial charge in [0.1, 0.15) is 24.2 Å². The fourth-order valence-corrected chi connectivity index (χ4v) is 7.13. The maximum Gasteiger partial charge on any atom is 0.244 e. The number of carbonyl (C=O) groups excluding carboxylic acids is 7. The number of rotatable bonds is 9. The quantitative estimate of drug-likeness (QED) is 0.212. The number of amides is 6. The van der Waals surface area contributed by atoms with Crippen LogP contribution in [-0.2, 0) is 35.2 Å². The summed E-state index contributed by atoms with van der Waals surface area (Å²) in [7, 11) is 0. The molecule has 5 rings (SSSR count). The molecule has 1 heterocycles. The monoisotopic (exact) mass is 740 g/mol. The number of nitrogens with two attached hydrogens (primary N) is 1. The third kappa shape index (κ3) is 12.4. The third-order valence-electron chi connectivity index (χ3n) is 10.4. The summed E-state index contributed by atoms with van der Waals surface area (Å²) in [6.07, 6.45) is 10.8. The SMILES string of the molecule is NC(=O)C1CCCCNC(=O)[C@@H](Cc2ccc(C(=O)c3ccccc3)cc2)NC(=O)C(CC2CCCCC2)NC(=O)C(CC2CC2)NC(=O)C=CC(=O)N1. The van der Waals surface area contributed by atoms with E-state index in [4.69, 9.17) is 5.73 Å². The smallest absolute Gasteiger partial charge is 0.244 e. The van der Waals surface area contributed by atoms with E-state index in [-0.39, 0.29) is 37.0 Å². The number of hydrogen-bond acceptors (Lipinski definition) is 7. The second kappa shape index (κ2) is 19.7. The topological polar surface area (TPSA) is 206 Å². The van der Waals surface area contributed by atoms with Crippen LogP contribution in [0.5, 0.6) is 0 Å². The molecular formula is C41H52N6O7. The van der Waals surface area contributed by atoms with Gasteiger partial charge in [-0.1, -0.05) is 99.5 Å². The van der Waals surface area contributed by atoms with Crippen LogP contribution in [0.25, 0.3) is 0 Å². The van der Waals surface area contributed by atoms with Crippen molar-refractivity contribution in [3.05, 3.63) is 83.4 Å². The van der Waals surface area contributed by atoms with E-state index in [0.717, 1.165) is 57.1 Å². The summed E-state index contributed by atoms with van der Waals surface area (Å²) in [5.74, 6) is -3.26. The molecule has 0 radical (unpaired) electrons. The number of benzene rings is 2. The molecule has 13 nitrogen and oxygen atoms in total. The summed E-state index contributed by atoms with van der Waals surface area (Å²) >= 11 is 0. The standard InChI is InChI=1S/C41H52N6O7/c42-38(51)31-13-7-8-22-43-39(52)32(24-28-16-18-30(19-17-28)37(50)29-11-5-2-6-12-29)46-41(54)34(23-26-9-3-1-4-10-26)47-40(53)33(25-27-14-15-27)45-36(49)21-20-35(48)44-31/h2,5-6,11-12,16-21,26-27,31-34H,1,3-4,7-10,13-15,22-25H2,(H2,42,51)(H,43,52)(H,44,48)(H,45,49)(H,46,54)(H,47,53)/t31?,32-,33?,34?/m1/s1. The number of carbonyl (C=O) groups is 7. The van der Waals surface area contributed by atoms with E-state index in [0.29, 0.717) is 42.4 Å². The summed E-state index contributed by atoms with van der Waals surface area (Å²) in [5.41, 5.74) is 7.27. The summed E-state index contributed by atoms with van der Waals surface area (Å²) in [4.78, 5) is 92.3. The van der Waals surface area contributed by atoms with E-state index in [1.165, 1.54) is 0 Å². The minimum absolute atomic E-state index is 0.115. The second-order valence-corrected chi connectivity index (χ2v) is 14.8. The van der Waals surface area contributed by atoms with Gasteiger partial charge in [0.15, 0.2) is 5.78 Å². The molecule has 2 aromatic rings. The predicted octanol–water partition coefficient (Wildman–Crippen LogP) is 2.51. The fraction of sp³-hybridized carbons (Fsp3) is 0.488. The second-order valence-electron chi connectivity index (χ2n) is 14.8. The van der Waals surface area contributed by atoms with Crippen molar-refractivity contribution in [3.63, 3.8) is 0 Å². The van der Waals surface area contributed by atoms with Gasteiger partial charge in [0.25, 0.3) is 0 Å². The molecule has 1 aliphatic heterocycles. The third-order valence-corrected chi connectivity index (χ3v) is 10.4. The molecule has 13 heteroatoms. The van der Waals surface area contributed by atoms with E-state index in [9.17, 15) is 33.6 Å². The first kappa shape index (κ1) is 39.9. The average molecular weight is 741 g/mol. The highest BCUT2D eigenvalue weighted by atomic mass is 16.2. The number of primary amides is 1. The van der Waals surface area contributed by atoms with Gasteiger partial charge in [-0.25, -0.2) is 0 Å². The van der Waals surface area contributed by atoms with Crippen LogP contribution in [0.1, 0.15) is 98.5 Å². The van der Waals surface area contributed by atoms with E-state index in [1.807, 2.05) is 6.07 Å². The van der Waals surface area contributed by atoms with Crippen molar-refractivity contribution in [3.8, 4) is 0 Å². The Labute approximate surface area is 316 Å². The van der Waals surface area contributed by atoms with Gasteiger partial charge < -0.3 is 32.3 Å². The number of ketones is 1. The van der Waals surface area contributed by atoms with Crippen molar-refractivity contribution < 1.29 is 33.6 Å². The van der Waals surface area contributed by atoms with Gasteiger partial charge >= 0.3 is 0 Å². The predicted molar refractivity (Wildman–Crippen MR) is 201 cm³/mol. The number of nitrogens with one attached hydrogen (secondary N) is 5. The molecular weight excluding hydrogens is 688 g/mol. The Hall–Kier alpha value is -5.33. The van der Waals surface area contributed by atoms with Crippen LogP contribution in [-0.4, -0.2) is 71.9 Å². The Morgan fingerprint density at radius 1 is 0.574 bits per heavy atom. The molecule has 2 saturated carbocycles. The van der Waals surface area contributed by atoms with Gasteiger partial charge in [-0.3, -0.25) is 33.6 Å². The first-order valence-electron chi connectivity index (χ1n) is 19.2. The van der Waals surface area contributed by atoms with Gasteiger partial charge in [-0.15, -0.1) is 0 Å². The molecule has 54 heavy (non-hydrogen) atoms. The van der Waals surface area contributed by atoms with Gasteiger partial charge in [0.05, 0.1) is 0 Å². The van der Waals surface area contributed by atoms with Crippen LogP contribution >= 0.6 is 0 Å². The van der Waals surface area contributed by atoms with Gasteiger partial charge in [-0.2, -0.15) is 0 Å². The molecule has 6 amide bonds. The minimum Gasteiger partial charge on any atom is -0.368 e. The number of hydrogen-bond donors (Lipinski definition) is 6. The maximum absolute atomic E-state index is 14.2. The van der Waals surface area contributed by atoms with Crippen molar-refractivity contribution >= 4 is 41.2 Å². The van der Waals surface area contributed by atoms with Crippen molar-refractivity contribution in [1.82, 2.24) is 26.6 Å². The molecule has 4 atom stereocenters. The lowest BCUT2D eigenvalue weighted by Crippen LogP contribution is -2.57. The minimum atomic E-state index is -1.02. The molecule has 288 valence electrons. The molecule has 0 aromatic heterocycles. The van der Waals surface area contributed by atoms with E-state index >= 15 is 0 Å². The van der Waals surface area contributed by atoms with Crippen molar-refractivity contribution in [2.45, 2.75) is 108 Å². The highest BCUT2D eigenvalue weighted by Gasteiger charge is 2.34. The summed E-state index contributed by atoms with van der Waals surface area (Å²) in [5, 5.41) is 13.9. The summed E-state index contributed by atoms with van der Waals surface area (Å²) < 4.78 is 0. The Morgan fingerprint density at radius 2 is 1.13 bits per heavy atom. The first-order chi connectivity index (χ1) is 26.0. The molecule has 7 N–H and O–H groups in total. The van der Waals surface area contributed by atoms with E-state index in [1.54, 1.807) is 48.5 Å². The summed E-state index contributed by atoms with van der Waals surface area (Å²) in [6, 6.07) is 11.9. The van der Waals surface area contributed by atoms with Crippen LogP contribution in [0.2, 0.25) is 0 Å². The molecule has 2 fully saturated rings. The Bertz CT molecular complexity index is 1680. The maximum atomic E-state index is 14.2. The van der Waals surface area contributed by atoms with Gasteiger partial charge in [-0.05, 0) is 49.5 Å². The zero-order valence-electron chi connectivity index (χ0n) is 30.6. The normalized spacial score (nSPS) is 24.3. The van der Waals surface area contributed by atoms with Crippen LogP contribution in [0.4, 0.5) is 0 Å². The molecule has 3 aliphatic rings. The van der Waals surface area contributed by atoms with Crippen LogP contribution in [0.15, 0.2) is 66.7 Å². The molecule has 2 aliphatic carbocycles. The molecule has 3 unspecified atom stereocenters. The highest BCUT2D eigenvalue weighted by Crippen LogP contribution is 2.34. The zero-order valence-corrected chi connectivity index (χ0v) is 30.6. The summed E-state index contributed by atoms with van der Waals surface area (Å²) in [6.45, 7) is 0.223. The van der Waals surface area contributed by atoms with Crippen LogP contribution in [0, 0.1) is 11.8 Å². The Kier molecular flexibility index (Phi) is 14.5. The molecule has 2 aromatic carbocycles. The van der Waals surface area contributed by atoms with E-state index < -0.39 is 59.6 Å². The largest absolute Gasteiger partial charge is 0.368 e. The molecule has 0 bridgehead atoms. The fourth-order valence-electron chi connectivity index (χ4n) is 7.13. The Morgan fingerprint density at radius 3 is 1.76 bits per heavy atom. The van der Waals surface area contributed by atoms with E-state index in [2.05, 4.69) is 26.6 Å². The van der Waals surface area contributed by atoms with Crippen LogP contribution in [0.3, 0.4) is 0 Å². The average Bonchev–Trinajstić information content (AvgIpc) is 4.00. The molecule has 0 saturated heterocycles. The lowest BCUT2D eigenvalue weighted by molar-refractivity contribution is -0.133.